The summed E-state index contributed by atoms with van der Waals surface area (Å²) < 4.78 is 6.87. The van der Waals surface area contributed by atoms with Crippen molar-refractivity contribution < 1.29 is 0 Å². The maximum atomic E-state index is 10.8. The highest BCUT2D eigenvalue weighted by Gasteiger charge is 2.26. The van der Waals surface area contributed by atoms with Gasteiger partial charge >= 0.3 is 0 Å². The minimum absolute atomic E-state index is 0. The second kappa shape index (κ2) is 24.7. The first-order chi connectivity index (χ1) is 46.0. The highest BCUT2D eigenvalue weighted by atomic mass is 35.5. The molecule has 5 heterocycles. The molecule has 12 aromatic carbocycles. The Morgan fingerprint density at radius 2 is 0.691 bits per heavy atom. The smallest absolute Gasteiger partial charge is 0.162 e. The summed E-state index contributed by atoms with van der Waals surface area (Å²) in [5.41, 5.74) is 20.0. The predicted octanol–water partition coefficient (Wildman–Crippen LogP) is 21.2. The Kier molecular flexibility index (Phi) is 15.2. The van der Waals surface area contributed by atoms with Gasteiger partial charge in [-0.3, -0.25) is 4.57 Å². The van der Waals surface area contributed by atoms with Crippen molar-refractivity contribution in [1.82, 2.24) is 33.6 Å². The maximum Gasteiger partial charge on any atom is 0.162 e. The molecule has 0 fully saturated rings. The molecule has 0 atom stereocenters. The normalized spacial score (nSPS) is 11.3. The summed E-state index contributed by atoms with van der Waals surface area (Å²) in [4.78, 5) is 18.9. The van der Waals surface area contributed by atoms with E-state index in [2.05, 4.69) is 206 Å². The third-order valence-corrected chi connectivity index (χ3v) is 17.7. The minimum Gasteiger partial charge on any atom is -0.309 e. The van der Waals surface area contributed by atoms with E-state index >= 15 is 0 Å². The fraction of sp³-hybridized carbons (Fsp3) is 0.0238. The van der Waals surface area contributed by atoms with Gasteiger partial charge in [0, 0.05) is 65.9 Å². The van der Waals surface area contributed by atoms with Crippen LogP contribution in [0, 0.1) is 22.7 Å². The quantitative estimate of drug-likeness (QED) is 0.147. The highest BCUT2D eigenvalue weighted by molar-refractivity contribution is 6.31. The molecule has 0 unspecified atom stereocenters. The molecule has 5 aromatic heterocycles. The zero-order chi connectivity index (χ0) is 62.4. The molecule has 9 nitrogen and oxygen atoms in total. The third kappa shape index (κ3) is 10.2. The highest BCUT2D eigenvalue weighted by Crippen LogP contribution is 2.44. The van der Waals surface area contributed by atoms with Crippen LogP contribution < -0.4 is 0 Å². The minimum atomic E-state index is 0. The van der Waals surface area contributed by atoms with Crippen LogP contribution in [0.25, 0.3) is 139 Å². The molecule has 17 aromatic rings. The van der Waals surface area contributed by atoms with Crippen molar-refractivity contribution in [2.24, 2.45) is 0 Å². The van der Waals surface area contributed by atoms with Crippen molar-refractivity contribution in [3.05, 3.63) is 331 Å². The van der Waals surface area contributed by atoms with E-state index in [4.69, 9.17) is 21.6 Å². The molecule has 0 N–H and O–H groups in total. The summed E-state index contributed by atoms with van der Waals surface area (Å²) in [7, 11) is 0. The van der Waals surface area contributed by atoms with Gasteiger partial charge in [0.15, 0.2) is 22.6 Å². The van der Waals surface area contributed by atoms with Gasteiger partial charge in [0.05, 0.1) is 44.5 Å². The number of nitriles is 2. The Hall–Kier alpha value is -12.5. The van der Waals surface area contributed by atoms with Crippen molar-refractivity contribution in [2.45, 2.75) is 13.8 Å². The van der Waals surface area contributed by atoms with Crippen LogP contribution in [-0.2, 0) is 6.42 Å². The van der Waals surface area contributed by atoms with Crippen LogP contribution in [0.5, 0.6) is 0 Å². The molecule has 0 saturated carbocycles. The van der Waals surface area contributed by atoms with Gasteiger partial charge in [-0.05, 0) is 95.4 Å². The van der Waals surface area contributed by atoms with Gasteiger partial charge in [0.2, 0.25) is 0 Å². The Morgan fingerprint density at radius 3 is 1.19 bits per heavy atom. The summed E-state index contributed by atoms with van der Waals surface area (Å²) >= 11 is 6.16. The van der Waals surface area contributed by atoms with E-state index in [1.54, 1.807) is 0 Å². The number of nitrogens with zero attached hydrogens (tertiary/aromatic N) is 9. The zero-order valence-corrected chi connectivity index (χ0v) is 50.7. The van der Waals surface area contributed by atoms with Crippen molar-refractivity contribution in [3.8, 4) is 85.7 Å². The average Bonchev–Trinajstić information content (AvgIpc) is 1.55. The molecular formula is C84H56ClN9. The van der Waals surface area contributed by atoms with E-state index in [0.29, 0.717) is 40.0 Å². The lowest BCUT2D eigenvalue weighted by atomic mass is 10.0. The van der Waals surface area contributed by atoms with Crippen LogP contribution in [-0.4, -0.2) is 33.6 Å². The molecule has 18 rings (SSSR count). The molecule has 444 valence electrons. The van der Waals surface area contributed by atoms with Gasteiger partial charge < -0.3 is 9.13 Å². The monoisotopic (exact) mass is 1230 g/mol. The van der Waals surface area contributed by atoms with Gasteiger partial charge in [-0.2, -0.15) is 10.5 Å². The molecule has 0 amide bonds. The largest absolute Gasteiger partial charge is 0.309 e. The number of benzene rings is 12. The molecule has 0 saturated heterocycles. The summed E-state index contributed by atoms with van der Waals surface area (Å²) in [5.74, 6) is 1.64. The number of para-hydroxylation sites is 5. The number of rotatable bonds is 7. The molecule has 94 heavy (non-hydrogen) atoms. The number of hydrogen-bond donors (Lipinski definition) is 0. The van der Waals surface area contributed by atoms with Gasteiger partial charge in [-0.25, -0.2) is 19.9 Å². The fourth-order valence-electron chi connectivity index (χ4n) is 13.3. The summed E-state index contributed by atoms with van der Waals surface area (Å²) in [5, 5.41) is 27.5. The summed E-state index contributed by atoms with van der Waals surface area (Å²) in [6.07, 6.45) is 1.03. The average molecular weight is 1230 g/mol. The fourth-order valence-corrected chi connectivity index (χ4v) is 13.5. The molecule has 0 radical (unpaired) electrons. The first-order valence-electron chi connectivity index (χ1n) is 30.7. The third-order valence-electron chi connectivity index (χ3n) is 17.4. The first-order valence-corrected chi connectivity index (χ1v) is 31.1. The SMILES string of the molecule is C.N#Cc1c(-c2ccccc2)nc(-c2ccccc2)nc1-n1c2ccccc2c2cc3c4ccccc4n(-c4ccccc4)c3cc21.N#Cc1c(Cl)nc(-c2ccccc2)nc1-c1ccccc1.c1ccc(-n2c3ccccc3c3cc4c(cc32)Cc2ccccc2-4)cc1. The van der Waals surface area contributed by atoms with E-state index in [9.17, 15) is 10.5 Å². The molecule has 1 aliphatic rings. The second-order valence-corrected chi connectivity index (χ2v) is 23.2. The van der Waals surface area contributed by atoms with Crippen LogP contribution in [0.3, 0.4) is 0 Å². The molecule has 0 spiro atoms. The Morgan fingerprint density at radius 1 is 0.309 bits per heavy atom. The lowest BCUT2D eigenvalue weighted by molar-refractivity contribution is 1.04. The number of hydrogen-bond acceptors (Lipinski definition) is 6. The standard InChI is InChI=1S/C41H25N5.C25H17N.C17H10ClN3.CH4/c42-26-34-39(27-14-4-1-5-15-27)43-40(28-16-6-2-7-17-28)44-41(34)46-36-23-13-11-21-31(36)33-24-32-30-20-10-12-22-35(30)45(37(32)25-38(33)46)29-18-8-3-9-19-29;1-2-9-19(10-3-1)26-24-13-7-6-12-21(24)23-16-22-18(15-25(23)26)14-17-8-4-5-11-20(17)22;18-16-14(11-19)15(12-7-3-1-4-8-12)20-17(21-16)13-9-5-2-6-10-13;/h1-25H;1-13,15-16H,14H2;1-10H;1H4. The lowest BCUT2D eigenvalue weighted by Gasteiger charge is -2.15. The lowest BCUT2D eigenvalue weighted by Crippen LogP contribution is -2.07. The number of fused-ring (bicyclic) bond motifs is 12. The molecular weight excluding hydrogens is 1170 g/mol. The van der Waals surface area contributed by atoms with Gasteiger partial charge in [-0.1, -0.05) is 256 Å². The van der Waals surface area contributed by atoms with Crippen molar-refractivity contribution in [1.29, 1.82) is 10.5 Å². The maximum absolute atomic E-state index is 10.8. The van der Waals surface area contributed by atoms with Crippen molar-refractivity contribution in [2.75, 3.05) is 0 Å². The Labute approximate surface area is 548 Å². The second-order valence-electron chi connectivity index (χ2n) is 22.8. The first kappa shape index (κ1) is 57.9. The topological polar surface area (TPSA) is 114 Å². The molecule has 1 aliphatic carbocycles. The summed E-state index contributed by atoms with van der Waals surface area (Å²) in [6.45, 7) is 0. The van der Waals surface area contributed by atoms with Gasteiger partial charge in [0.25, 0.3) is 0 Å². The van der Waals surface area contributed by atoms with Crippen LogP contribution in [0.1, 0.15) is 29.7 Å². The predicted molar refractivity (Wildman–Crippen MR) is 385 cm³/mol. The van der Waals surface area contributed by atoms with E-state index < -0.39 is 0 Å². The van der Waals surface area contributed by atoms with Gasteiger partial charge in [-0.15, -0.1) is 0 Å². The Bertz CT molecular complexity index is 5790. The van der Waals surface area contributed by atoms with E-state index in [-0.39, 0.29) is 12.6 Å². The molecule has 0 aliphatic heterocycles. The Balaban J connectivity index is 0.000000128. The number of aromatic nitrogens is 7. The van der Waals surface area contributed by atoms with E-state index in [0.717, 1.165) is 67.2 Å². The number of halogens is 1. The van der Waals surface area contributed by atoms with Crippen LogP contribution in [0.2, 0.25) is 5.15 Å². The van der Waals surface area contributed by atoms with Crippen LogP contribution in [0.15, 0.2) is 303 Å². The van der Waals surface area contributed by atoms with Crippen molar-refractivity contribution >= 4 is 77.0 Å². The van der Waals surface area contributed by atoms with Crippen LogP contribution in [0.4, 0.5) is 0 Å². The zero-order valence-electron chi connectivity index (χ0n) is 50.0. The van der Waals surface area contributed by atoms with Crippen molar-refractivity contribution in [3.63, 3.8) is 0 Å². The summed E-state index contributed by atoms with van der Waals surface area (Å²) in [6, 6.07) is 108. The van der Waals surface area contributed by atoms with Gasteiger partial charge in [0.1, 0.15) is 23.3 Å². The van der Waals surface area contributed by atoms with E-state index in [1.165, 1.54) is 60.5 Å². The molecule has 0 bridgehead atoms. The molecule has 10 heteroatoms. The van der Waals surface area contributed by atoms with Crippen LogP contribution >= 0.6 is 11.6 Å². The van der Waals surface area contributed by atoms with E-state index in [1.807, 2.05) is 133 Å².